The zero-order valence-corrected chi connectivity index (χ0v) is 10.9. The van der Waals surface area contributed by atoms with Gasteiger partial charge in [-0.05, 0) is 26.2 Å². The van der Waals surface area contributed by atoms with Crippen molar-refractivity contribution in [3.8, 4) is 0 Å². The van der Waals surface area contributed by atoms with Crippen molar-refractivity contribution < 1.29 is 0 Å². The molecule has 92 valence electrons. The molecule has 16 heavy (non-hydrogen) atoms. The van der Waals surface area contributed by atoms with E-state index in [1.54, 1.807) is 0 Å². The number of guanidine groups is 1. The summed E-state index contributed by atoms with van der Waals surface area (Å²) in [6.07, 6.45) is 9.39. The molecule has 1 N–H and O–H groups in total. The van der Waals surface area contributed by atoms with Crippen LogP contribution in [0.4, 0.5) is 0 Å². The molecule has 0 aliphatic rings. The molecule has 0 heterocycles. The standard InChI is InChI=1S/C13H25N3/c1-5-7-9-11-15-13(14-3)16(4)12-10-8-6-2/h5-7H,2,8-12H2,1,3-4H3,(H,14,15)/b7-5+. The Hall–Kier alpha value is -1.25. The first-order chi connectivity index (χ1) is 7.76. The number of allylic oxidation sites excluding steroid dienone is 2. The predicted octanol–water partition coefficient (Wildman–Crippen LogP) is 2.43. The van der Waals surface area contributed by atoms with Gasteiger partial charge >= 0.3 is 0 Å². The van der Waals surface area contributed by atoms with Crippen molar-refractivity contribution in [1.29, 1.82) is 0 Å². The summed E-state index contributed by atoms with van der Waals surface area (Å²) in [4.78, 5) is 6.40. The topological polar surface area (TPSA) is 27.6 Å². The van der Waals surface area contributed by atoms with Gasteiger partial charge in [-0.1, -0.05) is 18.2 Å². The van der Waals surface area contributed by atoms with Gasteiger partial charge in [0.15, 0.2) is 5.96 Å². The van der Waals surface area contributed by atoms with Gasteiger partial charge in [-0.15, -0.1) is 6.58 Å². The molecule has 0 aromatic heterocycles. The minimum atomic E-state index is 0.933. The van der Waals surface area contributed by atoms with Crippen LogP contribution in [0.25, 0.3) is 0 Å². The van der Waals surface area contributed by atoms with Gasteiger partial charge in [-0.2, -0.15) is 0 Å². The Morgan fingerprint density at radius 2 is 2.19 bits per heavy atom. The average Bonchev–Trinajstić information content (AvgIpc) is 2.29. The highest BCUT2D eigenvalue weighted by molar-refractivity contribution is 5.79. The van der Waals surface area contributed by atoms with Gasteiger partial charge in [0, 0.05) is 27.2 Å². The third kappa shape index (κ3) is 7.10. The van der Waals surface area contributed by atoms with E-state index >= 15 is 0 Å². The number of rotatable bonds is 7. The lowest BCUT2D eigenvalue weighted by Crippen LogP contribution is -2.39. The van der Waals surface area contributed by atoms with Gasteiger partial charge in [-0.3, -0.25) is 4.99 Å². The summed E-state index contributed by atoms with van der Waals surface area (Å²) in [7, 11) is 3.88. The molecule has 0 spiro atoms. The van der Waals surface area contributed by atoms with Crippen LogP contribution in [0, 0.1) is 0 Å². The molecule has 0 aromatic carbocycles. The fraction of sp³-hybridized carbons (Fsp3) is 0.615. The van der Waals surface area contributed by atoms with E-state index in [1.165, 1.54) is 0 Å². The zero-order chi connectivity index (χ0) is 12.2. The second-order valence-corrected chi connectivity index (χ2v) is 3.68. The van der Waals surface area contributed by atoms with Crippen molar-refractivity contribution in [3.63, 3.8) is 0 Å². The number of aliphatic imine (C=N–C) groups is 1. The highest BCUT2D eigenvalue weighted by Crippen LogP contribution is 1.94. The molecule has 0 bridgehead atoms. The molecule has 3 nitrogen and oxygen atoms in total. The van der Waals surface area contributed by atoms with Crippen molar-refractivity contribution in [2.75, 3.05) is 27.2 Å². The smallest absolute Gasteiger partial charge is 0.193 e. The molecule has 0 fully saturated rings. The molecule has 3 heteroatoms. The Labute approximate surface area is 99.9 Å². The maximum absolute atomic E-state index is 4.25. The van der Waals surface area contributed by atoms with Crippen molar-refractivity contribution in [2.45, 2.75) is 26.2 Å². The first kappa shape index (κ1) is 14.8. The molecule has 0 unspecified atom stereocenters. The molecule has 0 aromatic rings. The minimum Gasteiger partial charge on any atom is -0.356 e. The van der Waals surface area contributed by atoms with Crippen molar-refractivity contribution in [2.24, 2.45) is 4.99 Å². The molecule has 0 saturated heterocycles. The SMILES string of the molecule is C=CCCCN(C)C(=NC)NCC/C=C/C. The summed E-state index contributed by atoms with van der Waals surface area (Å²) < 4.78 is 0. The van der Waals surface area contributed by atoms with Gasteiger partial charge in [0.1, 0.15) is 0 Å². The summed E-state index contributed by atoms with van der Waals surface area (Å²) in [6.45, 7) is 7.70. The van der Waals surface area contributed by atoms with Crippen LogP contribution >= 0.6 is 0 Å². The van der Waals surface area contributed by atoms with E-state index in [0.717, 1.165) is 38.3 Å². The Bertz CT molecular complexity index is 231. The highest BCUT2D eigenvalue weighted by Gasteiger charge is 2.03. The third-order valence-corrected chi connectivity index (χ3v) is 2.30. The van der Waals surface area contributed by atoms with Crippen LogP contribution in [-0.4, -0.2) is 38.0 Å². The van der Waals surface area contributed by atoms with Crippen LogP contribution in [-0.2, 0) is 0 Å². The maximum Gasteiger partial charge on any atom is 0.193 e. The molecule has 0 atom stereocenters. The largest absolute Gasteiger partial charge is 0.356 e. The molecule has 0 amide bonds. The molecule has 0 radical (unpaired) electrons. The van der Waals surface area contributed by atoms with Crippen molar-refractivity contribution in [3.05, 3.63) is 24.8 Å². The number of unbranched alkanes of at least 4 members (excludes halogenated alkanes) is 1. The summed E-state index contributed by atoms with van der Waals surface area (Å²) in [5.74, 6) is 0.966. The van der Waals surface area contributed by atoms with E-state index in [2.05, 4.69) is 41.0 Å². The monoisotopic (exact) mass is 223 g/mol. The molecule has 0 rings (SSSR count). The van der Waals surface area contributed by atoms with E-state index in [0.29, 0.717) is 0 Å². The van der Waals surface area contributed by atoms with Gasteiger partial charge < -0.3 is 10.2 Å². The Kier molecular flexibility index (Phi) is 9.47. The quantitative estimate of drug-likeness (QED) is 0.311. The van der Waals surface area contributed by atoms with Crippen LogP contribution in [0.15, 0.2) is 29.8 Å². The van der Waals surface area contributed by atoms with Gasteiger partial charge in [-0.25, -0.2) is 0 Å². The van der Waals surface area contributed by atoms with E-state index in [-0.39, 0.29) is 0 Å². The lowest BCUT2D eigenvalue weighted by molar-refractivity contribution is 0.470. The van der Waals surface area contributed by atoms with Gasteiger partial charge in [0.25, 0.3) is 0 Å². The van der Waals surface area contributed by atoms with Crippen LogP contribution in [0.2, 0.25) is 0 Å². The molecular weight excluding hydrogens is 198 g/mol. The van der Waals surface area contributed by atoms with E-state index in [1.807, 2.05) is 20.0 Å². The van der Waals surface area contributed by atoms with Crippen molar-refractivity contribution in [1.82, 2.24) is 10.2 Å². The molecule has 0 aliphatic heterocycles. The van der Waals surface area contributed by atoms with Crippen LogP contribution in [0.1, 0.15) is 26.2 Å². The fourth-order valence-corrected chi connectivity index (χ4v) is 1.40. The molecule has 0 aliphatic carbocycles. The summed E-state index contributed by atoms with van der Waals surface area (Å²) >= 11 is 0. The van der Waals surface area contributed by atoms with Crippen molar-refractivity contribution >= 4 is 5.96 Å². The first-order valence-electron chi connectivity index (χ1n) is 5.90. The molecule has 0 saturated carbocycles. The van der Waals surface area contributed by atoms with E-state index in [4.69, 9.17) is 0 Å². The van der Waals surface area contributed by atoms with Crippen LogP contribution < -0.4 is 5.32 Å². The second-order valence-electron chi connectivity index (χ2n) is 3.68. The second kappa shape index (κ2) is 10.3. The summed E-state index contributed by atoms with van der Waals surface area (Å²) in [5, 5.41) is 3.33. The van der Waals surface area contributed by atoms with E-state index in [9.17, 15) is 0 Å². The Morgan fingerprint density at radius 3 is 2.75 bits per heavy atom. The predicted molar refractivity (Wildman–Crippen MR) is 72.9 cm³/mol. The molecular formula is C13H25N3. The lowest BCUT2D eigenvalue weighted by Gasteiger charge is -2.21. The average molecular weight is 223 g/mol. The first-order valence-corrected chi connectivity index (χ1v) is 5.90. The van der Waals surface area contributed by atoms with Gasteiger partial charge in [0.05, 0.1) is 0 Å². The highest BCUT2D eigenvalue weighted by atomic mass is 15.3. The fourth-order valence-electron chi connectivity index (χ4n) is 1.40. The van der Waals surface area contributed by atoms with E-state index < -0.39 is 0 Å². The number of hydrogen-bond donors (Lipinski definition) is 1. The Morgan fingerprint density at radius 1 is 1.44 bits per heavy atom. The Balaban J connectivity index is 3.83. The normalized spacial score (nSPS) is 11.8. The maximum atomic E-state index is 4.25. The summed E-state index contributed by atoms with van der Waals surface area (Å²) in [5.41, 5.74) is 0. The van der Waals surface area contributed by atoms with Crippen LogP contribution in [0.5, 0.6) is 0 Å². The number of hydrogen-bond acceptors (Lipinski definition) is 1. The lowest BCUT2D eigenvalue weighted by atomic mass is 10.3. The number of nitrogens with one attached hydrogen (secondary N) is 1. The minimum absolute atomic E-state index is 0.933. The van der Waals surface area contributed by atoms with Crippen LogP contribution in [0.3, 0.4) is 0 Å². The van der Waals surface area contributed by atoms with Gasteiger partial charge in [0.2, 0.25) is 0 Å². The summed E-state index contributed by atoms with van der Waals surface area (Å²) in [6, 6.07) is 0. The number of nitrogens with zero attached hydrogens (tertiary/aromatic N) is 2. The third-order valence-electron chi connectivity index (χ3n) is 2.30. The zero-order valence-electron chi connectivity index (χ0n) is 10.9.